The molecule has 1 aliphatic rings. The van der Waals surface area contributed by atoms with Crippen molar-refractivity contribution in [2.75, 3.05) is 0 Å². The van der Waals surface area contributed by atoms with E-state index in [4.69, 9.17) is 9.47 Å². The third-order valence-corrected chi connectivity index (χ3v) is 19.8. The molecule has 0 aromatic carbocycles. The van der Waals surface area contributed by atoms with E-state index in [2.05, 4.69) is 58.6 Å². The standard InChI is InChI=1S/C10H17O2.3C4H9.Sn/c1-6-8-10(5,7-2)12-9(3,4)11-8;3*1-3-4-2;/h2,7-8H,6H2,1,3-5H3;3*1,3-4H2,2H3;/t8-,10+;;;;/m1..../s1. The first-order valence-corrected chi connectivity index (χ1v) is 18.5. The van der Waals surface area contributed by atoms with Crippen LogP contribution in [0.1, 0.15) is 93.4 Å². The summed E-state index contributed by atoms with van der Waals surface area (Å²) in [5.74, 6) is -0.464. The van der Waals surface area contributed by atoms with E-state index < -0.39 is 24.2 Å². The first kappa shape index (κ1) is 23.5. The molecule has 148 valence electrons. The van der Waals surface area contributed by atoms with Crippen LogP contribution in [0.3, 0.4) is 0 Å². The van der Waals surface area contributed by atoms with E-state index in [-0.39, 0.29) is 11.7 Å². The molecule has 0 amide bonds. The van der Waals surface area contributed by atoms with Gasteiger partial charge in [0.1, 0.15) is 0 Å². The zero-order valence-electron chi connectivity index (χ0n) is 18.1. The fourth-order valence-electron chi connectivity index (χ4n) is 4.26. The van der Waals surface area contributed by atoms with Crippen molar-refractivity contribution in [3.8, 4) is 0 Å². The molecule has 2 atom stereocenters. The summed E-state index contributed by atoms with van der Waals surface area (Å²) in [7, 11) is 0. The Morgan fingerprint density at radius 2 is 1.32 bits per heavy atom. The Hall–Kier alpha value is 0.459. The van der Waals surface area contributed by atoms with Gasteiger partial charge in [-0.1, -0.05) is 0 Å². The van der Waals surface area contributed by atoms with Crippen LogP contribution in [-0.4, -0.2) is 35.9 Å². The summed E-state index contributed by atoms with van der Waals surface area (Å²) < 4.78 is 19.8. The Morgan fingerprint density at radius 1 is 0.840 bits per heavy atom. The topological polar surface area (TPSA) is 18.5 Å². The predicted molar refractivity (Wildman–Crippen MR) is 113 cm³/mol. The van der Waals surface area contributed by atoms with Crippen molar-refractivity contribution in [3.63, 3.8) is 0 Å². The minimum atomic E-state index is -2.25. The van der Waals surface area contributed by atoms with E-state index in [1.807, 2.05) is 0 Å². The van der Waals surface area contributed by atoms with E-state index >= 15 is 0 Å². The summed E-state index contributed by atoms with van der Waals surface area (Å²) in [6.07, 6.45) is 11.8. The SMILES string of the molecule is CCC[CH2][Sn](/[CH]=C/[C@]1(C)OC(C)(C)O[C@@H]1CC)([CH2]CCC)[CH2]CCC. The Morgan fingerprint density at radius 3 is 1.72 bits per heavy atom. The number of ether oxygens (including phenoxy) is 2. The Labute approximate surface area is 162 Å². The molecule has 0 unspecified atom stereocenters. The molecule has 0 aromatic rings. The van der Waals surface area contributed by atoms with Gasteiger partial charge < -0.3 is 0 Å². The van der Waals surface area contributed by atoms with Crippen LogP contribution < -0.4 is 0 Å². The van der Waals surface area contributed by atoms with Crippen LogP contribution in [0.25, 0.3) is 0 Å². The summed E-state index contributed by atoms with van der Waals surface area (Å²) in [5, 5.41) is 0. The molecule has 2 nitrogen and oxygen atoms in total. The minimum absolute atomic E-state index is 0.172. The number of hydrogen-bond donors (Lipinski definition) is 0. The molecule has 0 radical (unpaired) electrons. The maximum absolute atomic E-state index is 6.37. The second kappa shape index (κ2) is 10.7. The van der Waals surface area contributed by atoms with Crippen molar-refractivity contribution in [2.45, 2.75) is 124 Å². The number of unbranched alkanes of at least 4 members (excludes halogenated alkanes) is 3. The van der Waals surface area contributed by atoms with Crippen LogP contribution in [0, 0.1) is 0 Å². The molecule has 1 rings (SSSR count). The van der Waals surface area contributed by atoms with Gasteiger partial charge in [0.15, 0.2) is 0 Å². The van der Waals surface area contributed by atoms with Crippen LogP contribution in [-0.2, 0) is 9.47 Å². The molecule has 0 spiro atoms. The summed E-state index contributed by atoms with van der Waals surface area (Å²) in [6, 6.07) is 0. The van der Waals surface area contributed by atoms with Gasteiger partial charge in [0, 0.05) is 0 Å². The van der Waals surface area contributed by atoms with Crippen molar-refractivity contribution in [2.24, 2.45) is 0 Å². The van der Waals surface area contributed by atoms with Crippen LogP contribution in [0.2, 0.25) is 13.3 Å². The predicted octanol–water partition coefficient (Wildman–Crippen LogP) is 7.25. The average molecular weight is 459 g/mol. The molecule has 3 heteroatoms. The number of hydrogen-bond acceptors (Lipinski definition) is 2. The average Bonchev–Trinajstić information content (AvgIpc) is 2.82. The second-order valence-corrected chi connectivity index (χ2v) is 21.7. The van der Waals surface area contributed by atoms with Gasteiger partial charge in [0.25, 0.3) is 0 Å². The Bertz CT molecular complexity index is 383. The molecular weight excluding hydrogens is 415 g/mol. The molecule has 0 bridgehead atoms. The molecule has 0 N–H and O–H groups in total. The van der Waals surface area contributed by atoms with Crippen molar-refractivity contribution in [3.05, 3.63) is 10.2 Å². The van der Waals surface area contributed by atoms with Crippen molar-refractivity contribution < 1.29 is 9.47 Å². The second-order valence-electron chi connectivity index (χ2n) is 8.71. The third kappa shape index (κ3) is 7.18. The first-order chi connectivity index (χ1) is 11.8. The van der Waals surface area contributed by atoms with Gasteiger partial charge in [-0.05, 0) is 0 Å². The third-order valence-electron chi connectivity index (χ3n) is 5.75. The fraction of sp³-hybridized carbons (Fsp3) is 0.909. The molecule has 0 aliphatic carbocycles. The van der Waals surface area contributed by atoms with Crippen LogP contribution in [0.5, 0.6) is 0 Å². The van der Waals surface area contributed by atoms with Gasteiger partial charge in [-0.15, -0.1) is 0 Å². The Kier molecular flexibility index (Phi) is 10.1. The van der Waals surface area contributed by atoms with Crippen molar-refractivity contribution in [1.82, 2.24) is 0 Å². The van der Waals surface area contributed by atoms with Crippen LogP contribution in [0.4, 0.5) is 0 Å². The molecule has 0 aromatic heterocycles. The van der Waals surface area contributed by atoms with Crippen LogP contribution >= 0.6 is 0 Å². The Balaban J connectivity index is 3.04. The van der Waals surface area contributed by atoms with Gasteiger partial charge in [-0.3, -0.25) is 0 Å². The fourth-order valence-corrected chi connectivity index (χ4v) is 18.8. The van der Waals surface area contributed by atoms with Gasteiger partial charge in [-0.2, -0.15) is 0 Å². The van der Waals surface area contributed by atoms with E-state index in [1.54, 1.807) is 0 Å². The zero-order valence-corrected chi connectivity index (χ0v) is 21.0. The molecule has 1 saturated heterocycles. The van der Waals surface area contributed by atoms with Gasteiger partial charge in [0.05, 0.1) is 0 Å². The van der Waals surface area contributed by atoms with Crippen molar-refractivity contribution >= 4 is 18.4 Å². The molecule has 1 heterocycles. The van der Waals surface area contributed by atoms with Crippen LogP contribution in [0.15, 0.2) is 10.2 Å². The first-order valence-electron chi connectivity index (χ1n) is 10.8. The van der Waals surface area contributed by atoms with Gasteiger partial charge in [-0.25, -0.2) is 0 Å². The zero-order chi connectivity index (χ0) is 19.0. The molecule has 1 aliphatic heterocycles. The summed E-state index contributed by atoms with van der Waals surface area (Å²) in [5.41, 5.74) is -0.259. The van der Waals surface area contributed by atoms with Crippen molar-refractivity contribution in [1.29, 1.82) is 0 Å². The van der Waals surface area contributed by atoms with Gasteiger partial charge in [0.2, 0.25) is 0 Å². The van der Waals surface area contributed by atoms with Gasteiger partial charge >= 0.3 is 162 Å². The van der Waals surface area contributed by atoms with E-state index in [9.17, 15) is 0 Å². The number of rotatable bonds is 12. The normalized spacial score (nSPS) is 26.6. The monoisotopic (exact) mass is 460 g/mol. The maximum atomic E-state index is 6.37. The quantitative estimate of drug-likeness (QED) is 0.286. The van der Waals surface area contributed by atoms with E-state index in [0.29, 0.717) is 0 Å². The molecule has 1 fully saturated rings. The molecule has 25 heavy (non-hydrogen) atoms. The molecule has 0 saturated carbocycles. The summed E-state index contributed by atoms with van der Waals surface area (Å²) in [4.78, 5) is 0. The molecular formula is C22H44O2Sn. The summed E-state index contributed by atoms with van der Waals surface area (Å²) >= 11 is -2.25. The van der Waals surface area contributed by atoms with E-state index in [1.165, 1.54) is 51.8 Å². The summed E-state index contributed by atoms with van der Waals surface area (Å²) in [6.45, 7) is 15.6. The van der Waals surface area contributed by atoms with E-state index in [0.717, 1.165) is 6.42 Å².